The Balaban J connectivity index is 1.87. The maximum Gasteiger partial charge on any atom is 0.326 e. The summed E-state index contributed by atoms with van der Waals surface area (Å²) in [4.78, 5) is 59.4. The van der Waals surface area contributed by atoms with Gasteiger partial charge in [0.25, 0.3) is 5.91 Å². The first-order valence-electron chi connectivity index (χ1n) is 11.4. The molecule has 0 aliphatic carbocycles. The quantitative estimate of drug-likeness (QED) is 0.386. The van der Waals surface area contributed by atoms with Crippen LogP contribution in [0.1, 0.15) is 41.9 Å². The number of benzene rings is 1. The molecule has 0 saturated carbocycles. The van der Waals surface area contributed by atoms with Gasteiger partial charge in [-0.2, -0.15) is 11.8 Å². The largest absolute Gasteiger partial charge is 0.480 e. The Morgan fingerprint density at radius 1 is 1.20 bits per heavy atom. The molecule has 35 heavy (non-hydrogen) atoms. The van der Waals surface area contributed by atoms with Gasteiger partial charge in [-0.3, -0.25) is 14.4 Å². The summed E-state index contributed by atoms with van der Waals surface area (Å²) in [6.07, 6.45) is 5.13. The zero-order valence-corrected chi connectivity index (χ0v) is 20.8. The van der Waals surface area contributed by atoms with Crippen LogP contribution in [0.15, 0.2) is 36.8 Å². The van der Waals surface area contributed by atoms with Crippen LogP contribution in [0.4, 0.5) is 0 Å². The van der Waals surface area contributed by atoms with Crippen molar-refractivity contribution in [2.75, 3.05) is 12.0 Å². The number of nitrogens with one attached hydrogen (secondary N) is 3. The van der Waals surface area contributed by atoms with Gasteiger partial charge in [0, 0.05) is 13.0 Å². The molecule has 11 heteroatoms. The van der Waals surface area contributed by atoms with Gasteiger partial charge in [0.05, 0.1) is 12.5 Å². The number of aliphatic carboxylic acids is 1. The van der Waals surface area contributed by atoms with Gasteiger partial charge in [-0.1, -0.05) is 38.1 Å². The van der Waals surface area contributed by atoms with Gasteiger partial charge < -0.3 is 25.6 Å². The smallest absolute Gasteiger partial charge is 0.326 e. The summed E-state index contributed by atoms with van der Waals surface area (Å²) in [6, 6.07) is 4.69. The summed E-state index contributed by atoms with van der Waals surface area (Å²) in [5, 5.41) is 14.9. The van der Waals surface area contributed by atoms with Crippen molar-refractivity contribution in [3.63, 3.8) is 0 Å². The number of amides is 3. The minimum absolute atomic E-state index is 0.179. The number of imidazole rings is 1. The summed E-state index contributed by atoms with van der Waals surface area (Å²) in [6.45, 7) is 3.80. The van der Waals surface area contributed by atoms with Gasteiger partial charge >= 0.3 is 5.97 Å². The zero-order valence-electron chi connectivity index (χ0n) is 20.0. The van der Waals surface area contributed by atoms with E-state index in [-0.39, 0.29) is 31.0 Å². The third kappa shape index (κ3) is 6.41. The monoisotopic (exact) mass is 501 g/mol. The number of carbonyl (C=O) groups excluding carboxylic acids is 3. The van der Waals surface area contributed by atoms with Crippen LogP contribution in [-0.4, -0.2) is 73.8 Å². The lowest BCUT2D eigenvalue weighted by Crippen LogP contribution is -2.60. The van der Waals surface area contributed by atoms with E-state index in [1.165, 1.54) is 29.2 Å². The van der Waals surface area contributed by atoms with E-state index in [9.17, 15) is 24.3 Å². The Bertz CT molecular complexity index is 1060. The number of carboxylic acid groups (broad SMARTS) is 1. The fraction of sp³-hybridized carbons (Fsp3) is 0.458. The van der Waals surface area contributed by atoms with Crippen molar-refractivity contribution in [3.8, 4) is 0 Å². The third-order valence-electron chi connectivity index (χ3n) is 6.02. The van der Waals surface area contributed by atoms with E-state index < -0.39 is 41.8 Å². The molecule has 0 fully saturated rings. The van der Waals surface area contributed by atoms with E-state index in [1.807, 2.05) is 44.4 Å². The number of fused-ring (bicyclic) bond motifs is 1. The van der Waals surface area contributed by atoms with Crippen molar-refractivity contribution < 1.29 is 24.3 Å². The Labute approximate surface area is 208 Å². The van der Waals surface area contributed by atoms with Crippen molar-refractivity contribution >= 4 is 35.5 Å². The number of carboxylic acids is 1. The topological polar surface area (TPSA) is 144 Å². The van der Waals surface area contributed by atoms with Crippen LogP contribution in [0.5, 0.6) is 0 Å². The Hall–Kier alpha value is -3.34. The molecule has 1 aliphatic heterocycles. The van der Waals surface area contributed by atoms with E-state index in [1.54, 1.807) is 0 Å². The fourth-order valence-corrected chi connectivity index (χ4v) is 4.51. The third-order valence-corrected chi connectivity index (χ3v) is 6.67. The van der Waals surface area contributed by atoms with Crippen LogP contribution >= 0.6 is 11.8 Å². The van der Waals surface area contributed by atoms with Crippen LogP contribution in [-0.2, 0) is 27.3 Å². The number of nitrogens with zero attached hydrogens (tertiary/aromatic N) is 2. The molecule has 1 aliphatic rings. The molecule has 2 heterocycles. The molecule has 3 rings (SSSR count). The second-order valence-corrected chi connectivity index (χ2v) is 9.78. The zero-order chi connectivity index (χ0) is 25.5. The van der Waals surface area contributed by atoms with Crippen LogP contribution in [0.25, 0.3) is 0 Å². The van der Waals surface area contributed by atoms with Crippen molar-refractivity contribution in [3.05, 3.63) is 53.6 Å². The average molecular weight is 502 g/mol. The van der Waals surface area contributed by atoms with Crippen LogP contribution in [0.3, 0.4) is 0 Å². The summed E-state index contributed by atoms with van der Waals surface area (Å²) in [5.41, 5.74) is 2.06. The lowest BCUT2D eigenvalue weighted by Gasteiger charge is -2.39. The number of hydrogen-bond acceptors (Lipinski definition) is 6. The Morgan fingerprint density at radius 3 is 2.51 bits per heavy atom. The number of hydrogen-bond donors (Lipinski definition) is 4. The maximum absolute atomic E-state index is 13.7. The van der Waals surface area contributed by atoms with Gasteiger partial charge in [-0.05, 0) is 35.5 Å². The van der Waals surface area contributed by atoms with E-state index in [4.69, 9.17) is 0 Å². The molecule has 1 aromatic carbocycles. The molecule has 3 atom stereocenters. The Kier molecular flexibility index (Phi) is 8.91. The highest BCUT2D eigenvalue weighted by Crippen LogP contribution is 2.25. The van der Waals surface area contributed by atoms with Crippen molar-refractivity contribution in [1.29, 1.82) is 0 Å². The second-order valence-electron chi connectivity index (χ2n) is 8.80. The van der Waals surface area contributed by atoms with Gasteiger partial charge in [0.1, 0.15) is 23.8 Å². The molecule has 0 saturated heterocycles. The fourth-order valence-electron chi connectivity index (χ4n) is 4.04. The number of aromatic amines is 1. The van der Waals surface area contributed by atoms with Crippen LogP contribution in [0, 0.1) is 5.92 Å². The average Bonchev–Trinajstić information content (AvgIpc) is 3.38. The molecule has 2 aromatic rings. The predicted octanol–water partition coefficient (Wildman–Crippen LogP) is 1.44. The summed E-state index contributed by atoms with van der Waals surface area (Å²) < 4.78 is 0. The molecule has 2 unspecified atom stereocenters. The normalized spacial score (nSPS) is 16.8. The van der Waals surface area contributed by atoms with E-state index in [0.717, 1.165) is 11.1 Å². The van der Waals surface area contributed by atoms with Gasteiger partial charge in [-0.15, -0.1) is 0 Å². The highest BCUT2D eigenvalue weighted by atomic mass is 32.2. The molecule has 0 radical (unpaired) electrons. The lowest BCUT2D eigenvalue weighted by atomic mass is 9.91. The highest BCUT2D eigenvalue weighted by molar-refractivity contribution is 7.98. The van der Waals surface area contributed by atoms with E-state index in [0.29, 0.717) is 5.75 Å². The van der Waals surface area contributed by atoms with Crippen LogP contribution in [0.2, 0.25) is 0 Å². The summed E-state index contributed by atoms with van der Waals surface area (Å²) in [5.74, 6) is -2.21. The van der Waals surface area contributed by atoms with Crippen molar-refractivity contribution in [2.24, 2.45) is 5.92 Å². The molecule has 0 bridgehead atoms. The second kappa shape index (κ2) is 11.9. The SMILES string of the molecule is CSCCC(NC(=O)C1Cc2ccccc2CN1C(=O)[C@@H](NC(=O)c1cnc[nH]1)C(C)C)C(=O)O. The van der Waals surface area contributed by atoms with E-state index in [2.05, 4.69) is 20.6 Å². The number of rotatable bonds is 10. The number of thioether (sulfide) groups is 1. The predicted molar refractivity (Wildman–Crippen MR) is 132 cm³/mol. The highest BCUT2D eigenvalue weighted by Gasteiger charge is 2.40. The lowest BCUT2D eigenvalue weighted by molar-refractivity contribution is -0.146. The first kappa shape index (κ1) is 26.3. The van der Waals surface area contributed by atoms with Gasteiger partial charge in [-0.25, -0.2) is 9.78 Å². The van der Waals surface area contributed by atoms with Crippen molar-refractivity contribution in [1.82, 2.24) is 25.5 Å². The van der Waals surface area contributed by atoms with Gasteiger partial charge in [0.2, 0.25) is 11.8 Å². The summed E-state index contributed by atoms with van der Waals surface area (Å²) in [7, 11) is 0. The molecule has 4 N–H and O–H groups in total. The van der Waals surface area contributed by atoms with E-state index >= 15 is 0 Å². The Morgan fingerprint density at radius 2 is 1.91 bits per heavy atom. The molecule has 3 amide bonds. The first-order valence-corrected chi connectivity index (χ1v) is 12.8. The molecular weight excluding hydrogens is 470 g/mol. The number of aromatic nitrogens is 2. The molecule has 0 spiro atoms. The van der Waals surface area contributed by atoms with Crippen LogP contribution < -0.4 is 10.6 Å². The summed E-state index contributed by atoms with van der Waals surface area (Å²) >= 11 is 1.49. The number of carbonyl (C=O) groups is 4. The molecule has 1 aromatic heterocycles. The van der Waals surface area contributed by atoms with Crippen molar-refractivity contribution in [2.45, 2.75) is 51.4 Å². The molecule has 10 nitrogen and oxygen atoms in total. The molecular formula is C24H31N5O5S. The molecule has 188 valence electrons. The van der Waals surface area contributed by atoms with Gasteiger partial charge in [0.15, 0.2) is 0 Å². The number of H-pyrrole nitrogens is 1. The standard InChI is InChI=1S/C24H31N5O5S/c1-14(2)20(28-21(30)18-11-25-13-26-18)23(32)29-12-16-7-5-4-6-15(16)10-19(29)22(31)27-17(24(33)34)8-9-35-3/h4-7,11,13-14,17,19-20H,8-10,12H2,1-3H3,(H,25,26)(H,27,31)(H,28,30)(H,33,34)/t17?,19?,20-/m0/s1. The minimum Gasteiger partial charge on any atom is -0.480 e. The minimum atomic E-state index is -1.12. The maximum atomic E-state index is 13.7. The first-order chi connectivity index (χ1) is 16.7.